The molecule has 2 aromatic rings. The SMILES string of the molecule is CN(C)c1ccc(NC(=O)c2ccc(S(=O)(=O)C(F)F)cc2)cc1. The largest absolute Gasteiger partial charge is 0.378 e. The molecular weight excluding hydrogens is 338 g/mol. The number of nitrogens with one attached hydrogen (secondary N) is 1. The average molecular weight is 354 g/mol. The van der Waals surface area contributed by atoms with Gasteiger partial charge in [-0.15, -0.1) is 0 Å². The van der Waals surface area contributed by atoms with E-state index >= 15 is 0 Å². The van der Waals surface area contributed by atoms with Gasteiger partial charge in [0, 0.05) is 31.0 Å². The third-order valence-electron chi connectivity index (χ3n) is 3.32. The van der Waals surface area contributed by atoms with Gasteiger partial charge in [0.2, 0.25) is 9.84 Å². The van der Waals surface area contributed by atoms with E-state index in [2.05, 4.69) is 5.32 Å². The van der Waals surface area contributed by atoms with E-state index in [-0.39, 0.29) is 5.56 Å². The molecule has 0 atom stereocenters. The first-order valence-electron chi connectivity index (χ1n) is 6.92. The summed E-state index contributed by atoms with van der Waals surface area (Å²) in [4.78, 5) is 13.5. The molecule has 0 spiro atoms. The molecule has 0 aliphatic rings. The molecule has 0 aromatic heterocycles. The first-order valence-corrected chi connectivity index (χ1v) is 8.47. The second kappa shape index (κ2) is 6.96. The van der Waals surface area contributed by atoms with Crippen molar-refractivity contribution in [3.05, 3.63) is 54.1 Å². The van der Waals surface area contributed by atoms with E-state index in [4.69, 9.17) is 0 Å². The van der Waals surface area contributed by atoms with Gasteiger partial charge < -0.3 is 10.2 Å². The van der Waals surface area contributed by atoms with Crippen LogP contribution in [0.25, 0.3) is 0 Å². The normalized spacial score (nSPS) is 11.4. The number of hydrogen-bond acceptors (Lipinski definition) is 4. The summed E-state index contributed by atoms with van der Waals surface area (Å²) in [5.41, 5.74) is 1.70. The molecule has 0 heterocycles. The Morgan fingerprint density at radius 2 is 1.54 bits per heavy atom. The Morgan fingerprint density at radius 1 is 1.00 bits per heavy atom. The second-order valence-corrected chi connectivity index (χ2v) is 7.14. The molecule has 1 amide bonds. The highest BCUT2D eigenvalue weighted by molar-refractivity contribution is 7.91. The van der Waals surface area contributed by atoms with Crippen LogP contribution in [-0.2, 0) is 9.84 Å². The summed E-state index contributed by atoms with van der Waals surface area (Å²) < 4.78 is 47.6. The van der Waals surface area contributed by atoms with Gasteiger partial charge in [-0.3, -0.25) is 4.79 Å². The standard InChI is InChI=1S/C16H16F2N2O3S/c1-20(2)13-7-5-12(6-8-13)19-15(21)11-3-9-14(10-4-11)24(22,23)16(17)18/h3-10,16H,1-2H3,(H,19,21). The van der Waals surface area contributed by atoms with Gasteiger partial charge in [0.15, 0.2) is 0 Å². The van der Waals surface area contributed by atoms with Crippen molar-refractivity contribution in [2.75, 3.05) is 24.3 Å². The van der Waals surface area contributed by atoms with Gasteiger partial charge in [-0.05, 0) is 48.5 Å². The minimum atomic E-state index is -4.66. The molecule has 0 saturated carbocycles. The van der Waals surface area contributed by atoms with Crippen molar-refractivity contribution in [2.45, 2.75) is 10.7 Å². The Kier molecular flexibility index (Phi) is 5.18. The molecule has 0 aliphatic heterocycles. The molecule has 0 fully saturated rings. The van der Waals surface area contributed by atoms with Crippen molar-refractivity contribution in [3.8, 4) is 0 Å². The van der Waals surface area contributed by atoms with Crippen molar-refractivity contribution < 1.29 is 22.0 Å². The average Bonchev–Trinajstić information content (AvgIpc) is 2.55. The van der Waals surface area contributed by atoms with Crippen molar-refractivity contribution in [1.29, 1.82) is 0 Å². The molecule has 0 radical (unpaired) electrons. The Morgan fingerprint density at radius 3 is 2.00 bits per heavy atom. The van der Waals surface area contributed by atoms with E-state index in [1.54, 1.807) is 12.1 Å². The van der Waals surface area contributed by atoms with Crippen LogP contribution < -0.4 is 10.2 Å². The molecule has 24 heavy (non-hydrogen) atoms. The van der Waals surface area contributed by atoms with Crippen LogP contribution in [0.2, 0.25) is 0 Å². The summed E-state index contributed by atoms with van der Waals surface area (Å²) in [5, 5.41) is 2.65. The fourth-order valence-corrected chi connectivity index (χ4v) is 2.67. The number of amides is 1. The van der Waals surface area contributed by atoms with Crippen LogP contribution in [0, 0.1) is 0 Å². The van der Waals surface area contributed by atoms with Crippen molar-refractivity contribution >= 4 is 27.1 Å². The lowest BCUT2D eigenvalue weighted by Gasteiger charge is -2.13. The summed E-state index contributed by atoms with van der Waals surface area (Å²) >= 11 is 0. The summed E-state index contributed by atoms with van der Waals surface area (Å²) in [6.45, 7) is 0. The van der Waals surface area contributed by atoms with Crippen LogP contribution in [0.5, 0.6) is 0 Å². The Labute approximate surface area is 138 Å². The van der Waals surface area contributed by atoms with Crippen molar-refractivity contribution in [3.63, 3.8) is 0 Å². The quantitative estimate of drug-likeness (QED) is 0.896. The van der Waals surface area contributed by atoms with Gasteiger partial charge in [0.25, 0.3) is 5.91 Å². The van der Waals surface area contributed by atoms with Gasteiger partial charge in [-0.1, -0.05) is 0 Å². The zero-order chi connectivity index (χ0) is 17.9. The number of benzene rings is 2. The van der Waals surface area contributed by atoms with Gasteiger partial charge in [-0.2, -0.15) is 8.78 Å². The number of alkyl halides is 2. The lowest BCUT2D eigenvalue weighted by atomic mass is 10.2. The van der Waals surface area contributed by atoms with E-state index in [0.717, 1.165) is 17.8 Å². The van der Waals surface area contributed by atoms with Gasteiger partial charge in [0.1, 0.15) is 0 Å². The number of halogens is 2. The van der Waals surface area contributed by atoms with E-state index in [1.807, 2.05) is 31.1 Å². The number of sulfone groups is 1. The van der Waals surface area contributed by atoms with E-state index in [1.165, 1.54) is 12.1 Å². The Bertz CT molecular complexity index is 817. The molecule has 0 unspecified atom stereocenters. The fourth-order valence-electron chi connectivity index (χ4n) is 1.95. The summed E-state index contributed by atoms with van der Waals surface area (Å²) in [7, 11) is -0.878. The Balaban J connectivity index is 2.13. The lowest BCUT2D eigenvalue weighted by molar-refractivity contribution is 0.102. The maximum absolute atomic E-state index is 12.5. The maximum Gasteiger partial charge on any atom is 0.341 e. The highest BCUT2D eigenvalue weighted by atomic mass is 32.2. The highest BCUT2D eigenvalue weighted by Crippen LogP contribution is 2.20. The number of anilines is 2. The van der Waals surface area contributed by atoms with Crippen LogP contribution in [-0.4, -0.2) is 34.2 Å². The van der Waals surface area contributed by atoms with Crippen molar-refractivity contribution in [1.82, 2.24) is 0 Å². The smallest absolute Gasteiger partial charge is 0.341 e. The maximum atomic E-state index is 12.5. The predicted molar refractivity (Wildman–Crippen MR) is 88.4 cm³/mol. The molecule has 1 N–H and O–H groups in total. The monoisotopic (exact) mass is 354 g/mol. The number of hydrogen-bond donors (Lipinski definition) is 1. The van der Waals surface area contributed by atoms with Crippen LogP contribution in [0.15, 0.2) is 53.4 Å². The molecule has 0 saturated heterocycles. The minimum absolute atomic E-state index is 0.167. The van der Waals surface area contributed by atoms with Gasteiger partial charge >= 0.3 is 5.76 Å². The fraction of sp³-hybridized carbons (Fsp3) is 0.188. The van der Waals surface area contributed by atoms with E-state index in [9.17, 15) is 22.0 Å². The van der Waals surface area contributed by atoms with E-state index < -0.39 is 26.4 Å². The number of rotatable bonds is 5. The molecular formula is C16H16F2N2O3S. The summed E-state index contributed by atoms with van der Waals surface area (Å²) in [6.07, 6.45) is 0. The molecule has 8 heteroatoms. The molecule has 2 rings (SSSR count). The third kappa shape index (κ3) is 3.88. The summed E-state index contributed by atoms with van der Waals surface area (Å²) in [6, 6.07) is 11.5. The molecule has 0 bridgehead atoms. The van der Waals surface area contributed by atoms with Crippen molar-refractivity contribution in [2.24, 2.45) is 0 Å². The molecule has 128 valence electrons. The first-order chi connectivity index (χ1) is 11.2. The number of carbonyl (C=O) groups excluding carboxylic acids is 1. The topological polar surface area (TPSA) is 66.5 Å². The zero-order valence-electron chi connectivity index (χ0n) is 13.0. The minimum Gasteiger partial charge on any atom is -0.378 e. The van der Waals surface area contributed by atoms with Crippen LogP contribution in [0.4, 0.5) is 20.2 Å². The third-order valence-corrected chi connectivity index (χ3v) is 4.72. The van der Waals surface area contributed by atoms with Gasteiger partial charge in [0.05, 0.1) is 4.90 Å². The predicted octanol–water partition coefficient (Wildman–Crippen LogP) is 3.00. The van der Waals surface area contributed by atoms with Crippen LogP contribution in [0.1, 0.15) is 10.4 Å². The number of nitrogens with zero attached hydrogens (tertiary/aromatic N) is 1. The summed E-state index contributed by atoms with van der Waals surface area (Å²) in [5.74, 6) is -3.96. The zero-order valence-corrected chi connectivity index (χ0v) is 13.8. The Hall–Kier alpha value is -2.48. The van der Waals surface area contributed by atoms with Gasteiger partial charge in [-0.25, -0.2) is 8.42 Å². The van der Waals surface area contributed by atoms with Crippen LogP contribution >= 0.6 is 0 Å². The molecule has 5 nitrogen and oxygen atoms in total. The molecule has 2 aromatic carbocycles. The molecule has 0 aliphatic carbocycles. The highest BCUT2D eigenvalue weighted by Gasteiger charge is 2.26. The number of carbonyl (C=O) groups is 1. The van der Waals surface area contributed by atoms with Crippen LogP contribution in [0.3, 0.4) is 0 Å². The van der Waals surface area contributed by atoms with E-state index in [0.29, 0.717) is 5.69 Å². The second-order valence-electron chi connectivity index (χ2n) is 5.23. The lowest BCUT2D eigenvalue weighted by Crippen LogP contribution is -2.14. The first kappa shape index (κ1) is 17.9.